The van der Waals surface area contributed by atoms with Crippen molar-refractivity contribution in [3.05, 3.63) is 0 Å². The smallest absolute Gasteiger partial charge is 0.0613 e. The van der Waals surface area contributed by atoms with Gasteiger partial charge in [0.15, 0.2) is 0 Å². The molecule has 3 aliphatic rings. The highest BCUT2D eigenvalue weighted by molar-refractivity contribution is 5.00. The molecule has 2 atom stereocenters. The summed E-state index contributed by atoms with van der Waals surface area (Å²) in [6.07, 6.45) is 9.34. The molecule has 3 aliphatic carbocycles. The zero-order valence-electron chi connectivity index (χ0n) is 11.7. The van der Waals surface area contributed by atoms with E-state index in [1.807, 2.05) is 7.05 Å². The molecule has 3 fully saturated rings. The van der Waals surface area contributed by atoms with Crippen molar-refractivity contribution in [3.8, 4) is 0 Å². The summed E-state index contributed by atoms with van der Waals surface area (Å²) in [5.41, 5.74) is 0.00994. The highest BCUT2D eigenvalue weighted by Gasteiger charge is 2.42. The molecule has 0 aliphatic heterocycles. The first-order chi connectivity index (χ1) is 8.74. The lowest BCUT2D eigenvalue weighted by Crippen LogP contribution is -2.46. The number of nitrogens with zero attached hydrogens (tertiary/aromatic N) is 1. The summed E-state index contributed by atoms with van der Waals surface area (Å²) in [5, 5.41) is 13.0. The normalized spacial score (nSPS) is 36.5. The summed E-state index contributed by atoms with van der Waals surface area (Å²) in [6, 6.07) is 0.714. The lowest BCUT2D eigenvalue weighted by Gasteiger charge is -2.32. The van der Waals surface area contributed by atoms with Crippen molar-refractivity contribution in [2.45, 2.75) is 56.5 Å². The van der Waals surface area contributed by atoms with Crippen LogP contribution in [0.4, 0.5) is 0 Å². The molecule has 0 spiro atoms. The summed E-state index contributed by atoms with van der Waals surface area (Å²) in [6.45, 7) is 2.94. The van der Waals surface area contributed by atoms with Crippen molar-refractivity contribution in [2.24, 2.45) is 11.8 Å². The standard InChI is InChI=1S/C15H28N2O/c1-16-15(11-18)7-6-14(8-15)17(9-12-2-3-12)10-13-4-5-13/h12-14,16,18H,2-11H2,1H3. The van der Waals surface area contributed by atoms with Crippen LogP contribution in [0.25, 0.3) is 0 Å². The van der Waals surface area contributed by atoms with Crippen molar-refractivity contribution >= 4 is 0 Å². The molecule has 3 heteroatoms. The number of hydrogen-bond donors (Lipinski definition) is 2. The number of nitrogens with one attached hydrogen (secondary N) is 1. The lowest BCUT2D eigenvalue weighted by molar-refractivity contribution is 0.142. The van der Waals surface area contributed by atoms with E-state index in [0.29, 0.717) is 12.6 Å². The first-order valence-corrected chi connectivity index (χ1v) is 7.78. The van der Waals surface area contributed by atoms with Crippen molar-refractivity contribution in [1.82, 2.24) is 10.2 Å². The Labute approximate surface area is 111 Å². The van der Waals surface area contributed by atoms with Gasteiger partial charge in [-0.15, -0.1) is 0 Å². The number of aliphatic hydroxyl groups is 1. The minimum absolute atomic E-state index is 0.00994. The molecule has 3 saturated carbocycles. The van der Waals surface area contributed by atoms with Crippen LogP contribution in [0.3, 0.4) is 0 Å². The largest absolute Gasteiger partial charge is 0.394 e. The molecule has 3 rings (SSSR count). The maximum Gasteiger partial charge on any atom is 0.0613 e. The predicted molar refractivity (Wildman–Crippen MR) is 73.5 cm³/mol. The van der Waals surface area contributed by atoms with E-state index in [9.17, 15) is 5.11 Å². The minimum Gasteiger partial charge on any atom is -0.394 e. The Hall–Kier alpha value is -0.120. The summed E-state index contributed by atoms with van der Waals surface area (Å²) >= 11 is 0. The van der Waals surface area contributed by atoms with Crippen molar-refractivity contribution in [2.75, 3.05) is 26.7 Å². The number of likely N-dealkylation sites (N-methyl/N-ethyl adjacent to an activating group) is 1. The Morgan fingerprint density at radius 3 is 2.11 bits per heavy atom. The van der Waals surface area contributed by atoms with Gasteiger partial charge in [-0.2, -0.15) is 0 Å². The molecule has 0 radical (unpaired) electrons. The van der Waals surface area contributed by atoms with Crippen molar-refractivity contribution in [1.29, 1.82) is 0 Å². The Kier molecular flexibility index (Phi) is 3.65. The van der Waals surface area contributed by atoms with E-state index in [0.717, 1.165) is 24.7 Å². The molecular formula is C15H28N2O. The van der Waals surface area contributed by atoms with E-state index in [-0.39, 0.29) is 5.54 Å². The summed E-state index contributed by atoms with van der Waals surface area (Å²) in [5.74, 6) is 1.98. The zero-order chi connectivity index (χ0) is 12.6. The third-order valence-corrected chi connectivity index (χ3v) is 5.31. The zero-order valence-corrected chi connectivity index (χ0v) is 11.7. The fourth-order valence-corrected chi connectivity index (χ4v) is 3.50. The lowest BCUT2D eigenvalue weighted by atomic mass is 9.98. The maximum absolute atomic E-state index is 9.62. The molecule has 104 valence electrons. The number of rotatable bonds is 7. The van der Waals surface area contributed by atoms with E-state index < -0.39 is 0 Å². The predicted octanol–water partition coefficient (Wildman–Crippen LogP) is 1.61. The van der Waals surface area contributed by atoms with Crippen molar-refractivity contribution in [3.63, 3.8) is 0 Å². The van der Waals surface area contributed by atoms with Crippen LogP contribution >= 0.6 is 0 Å². The Bertz CT molecular complexity index is 268. The Balaban J connectivity index is 1.59. The molecular weight excluding hydrogens is 224 g/mol. The molecule has 0 saturated heterocycles. The fraction of sp³-hybridized carbons (Fsp3) is 1.00. The van der Waals surface area contributed by atoms with Gasteiger partial charge in [-0.05, 0) is 63.8 Å². The second-order valence-electron chi connectivity index (χ2n) is 6.93. The quantitative estimate of drug-likeness (QED) is 0.722. The SMILES string of the molecule is CNC1(CO)CCC(N(CC2CC2)CC2CC2)C1. The molecule has 2 unspecified atom stereocenters. The second kappa shape index (κ2) is 5.10. The van der Waals surface area contributed by atoms with E-state index in [1.54, 1.807) is 0 Å². The second-order valence-corrected chi connectivity index (χ2v) is 6.93. The molecule has 18 heavy (non-hydrogen) atoms. The van der Waals surface area contributed by atoms with Gasteiger partial charge in [0.25, 0.3) is 0 Å². The topological polar surface area (TPSA) is 35.5 Å². The first-order valence-electron chi connectivity index (χ1n) is 7.78. The molecule has 2 N–H and O–H groups in total. The van der Waals surface area contributed by atoms with Gasteiger partial charge < -0.3 is 10.4 Å². The molecule has 0 amide bonds. The number of aliphatic hydroxyl groups excluding tert-OH is 1. The first kappa shape index (κ1) is 12.9. The molecule has 0 aromatic rings. The third-order valence-electron chi connectivity index (χ3n) is 5.31. The van der Waals surface area contributed by atoms with E-state index in [4.69, 9.17) is 0 Å². The van der Waals surface area contributed by atoms with E-state index in [2.05, 4.69) is 10.2 Å². The van der Waals surface area contributed by atoms with Gasteiger partial charge in [-0.1, -0.05) is 0 Å². The van der Waals surface area contributed by atoms with E-state index >= 15 is 0 Å². The van der Waals surface area contributed by atoms with Gasteiger partial charge in [0.2, 0.25) is 0 Å². The number of hydrogen-bond acceptors (Lipinski definition) is 3. The molecule has 0 bridgehead atoms. The van der Waals surface area contributed by atoms with Crippen LogP contribution in [0.1, 0.15) is 44.9 Å². The fourth-order valence-electron chi connectivity index (χ4n) is 3.50. The van der Waals surface area contributed by atoms with Gasteiger partial charge in [-0.3, -0.25) is 4.90 Å². The van der Waals surface area contributed by atoms with Crippen LogP contribution < -0.4 is 5.32 Å². The Morgan fingerprint density at radius 1 is 1.11 bits per heavy atom. The minimum atomic E-state index is 0.00994. The van der Waals surface area contributed by atoms with Crippen LogP contribution in [0.2, 0.25) is 0 Å². The third kappa shape index (κ3) is 2.89. The van der Waals surface area contributed by atoms with Gasteiger partial charge in [0.1, 0.15) is 0 Å². The highest BCUT2D eigenvalue weighted by atomic mass is 16.3. The Morgan fingerprint density at radius 2 is 1.72 bits per heavy atom. The van der Waals surface area contributed by atoms with Gasteiger partial charge in [0.05, 0.1) is 6.61 Å². The molecule has 0 aromatic heterocycles. The summed E-state index contributed by atoms with van der Waals surface area (Å²) < 4.78 is 0. The monoisotopic (exact) mass is 252 g/mol. The highest BCUT2D eigenvalue weighted by Crippen LogP contribution is 2.39. The van der Waals surface area contributed by atoms with Gasteiger partial charge in [-0.25, -0.2) is 0 Å². The van der Waals surface area contributed by atoms with Crippen LogP contribution in [0.15, 0.2) is 0 Å². The van der Waals surface area contributed by atoms with Crippen LogP contribution in [0.5, 0.6) is 0 Å². The maximum atomic E-state index is 9.62. The summed E-state index contributed by atoms with van der Waals surface area (Å²) in [4.78, 5) is 2.77. The molecule has 3 nitrogen and oxygen atoms in total. The average molecular weight is 252 g/mol. The average Bonchev–Trinajstić information content (AvgIpc) is 3.31. The van der Waals surface area contributed by atoms with Gasteiger partial charge >= 0.3 is 0 Å². The van der Waals surface area contributed by atoms with Crippen LogP contribution in [0, 0.1) is 11.8 Å². The molecule has 0 aromatic carbocycles. The molecule has 0 heterocycles. The van der Waals surface area contributed by atoms with Crippen molar-refractivity contribution < 1.29 is 5.11 Å². The van der Waals surface area contributed by atoms with Crippen LogP contribution in [-0.2, 0) is 0 Å². The summed E-state index contributed by atoms with van der Waals surface area (Å²) in [7, 11) is 2.00. The van der Waals surface area contributed by atoms with Crippen LogP contribution in [-0.4, -0.2) is 48.3 Å². The van der Waals surface area contributed by atoms with E-state index in [1.165, 1.54) is 45.2 Å². The van der Waals surface area contributed by atoms with Gasteiger partial charge in [0, 0.05) is 24.7 Å².